The van der Waals surface area contributed by atoms with Crippen molar-refractivity contribution in [2.75, 3.05) is 47.5 Å². The normalized spacial score (nSPS) is 25.4. The van der Waals surface area contributed by atoms with Gasteiger partial charge in [0, 0.05) is 39.9 Å². The minimum Gasteiger partial charge on any atom is -0.475 e. The Kier molecular flexibility index (Phi) is 8.15. The molecule has 10 heteroatoms. The van der Waals surface area contributed by atoms with Crippen LogP contribution < -0.4 is 0 Å². The summed E-state index contributed by atoms with van der Waals surface area (Å²) in [6.07, 6.45) is 2.22. The number of carbonyl (C=O) groups excluding carboxylic acids is 1. The number of rotatable bonds is 5. The highest BCUT2D eigenvalue weighted by molar-refractivity contribution is 5.77. The first-order chi connectivity index (χ1) is 14.0. The molecule has 1 saturated carbocycles. The number of carboxylic acids is 1. The number of hydrogen-bond donors (Lipinski definition) is 1. The quantitative estimate of drug-likeness (QED) is 0.711. The van der Waals surface area contributed by atoms with Gasteiger partial charge in [-0.3, -0.25) is 4.79 Å². The number of likely N-dealkylation sites (N-methyl/N-ethyl adjacent to an activating group) is 1. The topological polar surface area (TPSA) is 79.3 Å². The smallest absolute Gasteiger partial charge is 0.475 e. The molecule has 0 aromatic carbocycles. The van der Waals surface area contributed by atoms with Gasteiger partial charge < -0.3 is 24.4 Å². The van der Waals surface area contributed by atoms with Gasteiger partial charge in [0.25, 0.3) is 0 Å². The zero-order valence-electron chi connectivity index (χ0n) is 18.0. The minimum absolute atomic E-state index is 0.149. The summed E-state index contributed by atoms with van der Waals surface area (Å²) in [5, 5.41) is 7.12. The molecule has 1 amide bonds. The minimum atomic E-state index is -5.08. The Morgan fingerprint density at radius 2 is 1.70 bits per heavy atom. The molecule has 7 nitrogen and oxygen atoms in total. The molecule has 1 atom stereocenters. The van der Waals surface area contributed by atoms with Crippen molar-refractivity contribution < 1.29 is 37.3 Å². The number of alkyl halides is 3. The van der Waals surface area contributed by atoms with Crippen molar-refractivity contribution in [1.82, 2.24) is 9.80 Å². The molecule has 2 aliphatic heterocycles. The van der Waals surface area contributed by atoms with Crippen LogP contribution in [0.4, 0.5) is 13.2 Å². The molecular weight excluding hydrogens is 405 g/mol. The molecule has 1 unspecified atom stereocenters. The lowest BCUT2D eigenvalue weighted by molar-refractivity contribution is -0.192. The summed E-state index contributed by atoms with van der Waals surface area (Å²) in [6.45, 7) is 3.78. The van der Waals surface area contributed by atoms with Crippen molar-refractivity contribution >= 4 is 11.9 Å². The fourth-order valence-corrected chi connectivity index (χ4v) is 4.76. The molecule has 174 valence electrons. The average Bonchev–Trinajstić information content (AvgIpc) is 2.93. The first kappa shape index (κ1) is 24.9. The van der Waals surface area contributed by atoms with Gasteiger partial charge in [0.15, 0.2) is 0 Å². The van der Waals surface area contributed by atoms with Crippen LogP contribution in [-0.4, -0.2) is 92.1 Å². The second-order valence-electron chi connectivity index (χ2n) is 8.83. The van der Waals surface area contributed by atoms with Crippen LogP contribution in [0.3, 0.4) is 0 Å². The predicted molar refractivity (Wildman–Crippen MR) is 103 cm³/mol. The van der Waals surface area contributed by atoms with Crippen molar-refractivity contribution in [3.05, 3.63) is 0 Å². The SMILES string of the molecule is COCC1CC2(CCN(C(=O)CC3(OC)CCC3)CC2)CN1C.O=C(O)C(F)(F)F. The van der Waals surface area contributed by atoms with Crippen LogP contribution in [-0.2, 0) is 19.1 Å². The van der Waals surface area contributed by atoms with Gasteiger partial charge in [-0.05, 0) is 51.0 Å². The summed E-state index contributed by atoms with van der Waals surface area (Å²) in [6, 6.07) is 0.536. The number of ether oxygens (including phenoxy) is 2. The number of carboxylic acid groups (broad SMARTS) is 1. The summed E-state index contributed by atoms with van der Waals surface area (Å²) in [7, 11) is 5.74. The standard InChI is InChI=1S/C18H32N2O3.C2HF3O2/c1-19-14-17(11-15(19)13-22-2)7-9-20(10-8-17)16(21)12-18(23-3)5-4-6-18;3-2(4,5)1(6)7/h15H,4-14H2,1-3H3;(H,6,7). The van der Waals surface area contributed by atoms with Gasteiger partial charge in [-0.2, -0.15) is 13.2 Å². The van der Waals surface area contributed by atoms with Crippen molar-refractivity contribution in [2.24, 2.45) is 5.41 Å². The number of carbonyl (C=O) groups is 2. The number of piperidine rings is 1. The van der Waals surface area contributed by atoms with E-state index in [2.05, 4.69) is 16.8 Å². The van der Waals surface area contributed by atoms with E-state index < -0.39 is 12.1 Å². The van der Waals surface area contributed by atoms with Crippen molar-refractivity contribution in [1.29, 1.82) is 0 Å². The molecule has 3 rings (SSSR count). The summed E-state index contributed by atoms with van der Waals surface area (Å²) in [4.78, 5) is 26.0. The molecule has 0 radical (unpaired) electrons. The van der Waals surface area contributed by atoms with Crippen molar-refractivity contribution in [3.63, 3.8) is 0 Å². The van der Waals surface area contributed by atoms with Crippen molar-refractivity contribution in [2.45, 2.75) is 62.8 Å². The second kappa shape index (κ2) is 9.82. The van der Waals surface area contributed by atoms with E-state index >= 15 is 0 Å². The number of halogens is 3. The molecule has 30 heavy (non-hydrogen) atoms. The van der Waals surface area contributed by atoms with Crippen LogP contribution in [0.1, 0.15) is 44.9 Å². The number of likely N-dealkylation sites (tertiary alicyclic amines) is 2. The number of amides is 1. The van der Waals surface area contributed by atoms with Gasteiger partial charge in [0.05, 0.1) is 18.6 Å². The van der Waals surface area contributed by atoms with E-state index in [1.165, 1.54) is 12.8 Å². The maximum Gasteiger partial charge on any atom is 0.490 e. The van der Waals surface area contributed by atoms with Gasteiger partial charge in [-0.1, -0.05) is 0 Å². The van der Waals surface area contributed by atoms with Crippen molar-refractivity contribution in [3.8, 4) is 0 Å². The van der Waals surface area contributed by atoms with Gasteiger partial charge >= 0.3 is 12.1 Å². The number of hydrogen-bond acceptors (Lipinski definition) is 5. The molecule has 1 N–H and O–H groups in total. The first-order valence-electron chi connectivity index (χ1n) is 10.3. The summed E-state index contributed by atoms with van der Waals surface area (Å²) in [5.74, 6) is -2.46. The third-order valence-corrected chi connectivity index (χ3v) is 6.83. The van der Waals surface area contributed by atoms with E-state index in [0.29, 0.717) is 23.8 Å². The van der Waals surface area contributed by atoms with E-state index in [0.717, 1.165) is 51.9 Å². The highest BCUT2D eigenvalue weighted by Gasteiger charge is 2.46. The predicted octanol–water partition coefficient (Wildman–Crippen LogP) is 2.54. The molecule has 2 heterocycles. The molecule has 3 fully saturated rings. The average molecular weight is 438 g/mol. The zero-order chi connectivity index (χ0) is 22.6. The van der Waals surface area contributed by atoms with E-state index in [4.69, 9.17) is 19.4 Å². The maximum atomic E-state index is 12.6. The third-order valence-electron chi connectivity index (χ3n) is 6.83. The van der Waals surface area contributed by atoms with Crippen LogP contribution in [0.25, 0.3) is 0 Å². The van der Waals surface area contributed by atoms with Crippen LogP contribution in [0.5, 0.6) is 0 Å². The van der Waals surface area contributed by atoms with E-state index in [-0.39, 0.29) is 5.60 Å². The first-order valence-corrected chi connectivity index (χ1v) is 10.3. The van der Waals surface area contributed by atoms with Crippen LogP contribution in [0.2, 0.25) is 0 Å². The molecule has 0 aromatic heterocycles. The fourth-order valence-electron chi connectivity index (χ4n) is 4.76. The van der Waals surface area contributed by atoms with Crippen LogP contribution in [0.15, 0.2) is 0 Å². The number of nitrogens with zero attached hydrogens (tertiary/aromatic N) is 2. The Bertz CT molecular complexity index is 596. The number of aliphatic carboxylic acids is 1. The lowest BCUT2D eigenvalue weighted by Crippen LogP contribution is -2.49. The van der Waals surface area contributed by atoms with E-state index in [9.17, 15) is 18.0 Å². The highest BCUT2D eigenvalue weighted by atomic mass is 19.4. The largest absolute Gasteiger partial charge is 0.490 e. The van der Waals surface area contributed by atoms with Gasteiger partial charge in [-0.15, -0.1) is 0 Å². The molecule has 0 aromatic rings. The van der Waals surface area contributed by atoms with E-state index in [1.54, 1.807) is 14.2 Å². The Labute approximate surface area is 175 Å². The Morgan fingerprint density at radius 1 is 1.13 bits per heavy atom. The Balaban J connectivity index is 0.000000396. The summed E-state index contributed by atoms with van der Waals surface area (Å²) >= 11 is 0. The fraction of sp³-hybridized carbons (Fsp3) is 0.900. The molecule has 1 spiro atoms. The lowest BCUT2D eigenvalue weighted by atomic mass is 9.75. The van der Waals surface area contributed by atoms with Crippen LogP contribution in [0, 0.1) is 5.41 Å². The second-order valence-corrected chi connectivity index (χ2v) is 8.83. The molecule has 2 saturated heterocycles. The molecular formula is C20H33F3N2O5. The highest BCUT2D eigenvalue weighted by Crippen LogP contribution is 2.44. The van der Waals surface area contributed by atoms with Crippen LogP contribution >= 0.6 is 0 Å². The molecule has 3 aliphatic rings. The summed E-state index contributed by atoms with van der Waals surface area (Å²) < 4.78 is 42.7. The van der Waals surface area contributed by atoms with E-state index in [1.807, 2.05) is 0 Å². The zero-order valence-corrected chi connectivity index (χ0v) is 18.0. The maximum absolute atomic E-state index is 12.6. The Hall–Kier alpha value is -1.39. The van der Waals surface area contributed by atoms with Gasteiger partial charge in [0.1, 0.15) is 0 Å². The Morgan fingerprint density at radius 3 is 2.10 bits per heavy atom. The van der Waals surface area contributed by atoms with Gasteiger partial charge in [0.2, 0.25) is 5.91 Å². The molecule has 0 bridgehead atoms. The number of methoxy groups -OCH3 is 2. The monoisotopic (exact) mass is 438 g/mol. The molecule has 1 aliphatic carbocycles. The summed E-state index contributed by atoms with van der Waals surface area (Å²) in [5.41, 5.74) is 0.244. The third kappa shape index (κ3) is 6.07. The van der Waals surface area contributed by atoms with Gasteiger partial charge in [-0.25, -0.2) is 4.79 Å². The lowest BCUT2D eigenvalue weighted by Gasteiger charge is -2.43.